The molecule has 0 aliphatic carbocycles. The largest absolute Gasteiger partial charge is 0.399 e. The fourth-order valence-corrected chi connectivity index (χ4v) is 2.21. The van der Waals surface area contributed by atoms with Gasteiger partial charge in [0.05, 0.1) is 5.56 Å². The lowest BCUT2D eigenvalue weighted by molar-refractivity contribution is 0.101. The van der Waals surface area contributed by atoms with E-state index < -0.39 is 0 Å². The third-order valence-electron chi connectivity index (χ3n) is 3.47. The third kappa shape index (κ3) is 4.20. The van der Waals surface area contributed by atoms with Gasteiger partial charge in [0.2, 0.25) is 0 Å². The molecule has 124 valence electrons. The summed E-state index contributed by atoms with van der Waals surface area (Å²) >= 11 is 0. The van der Waals surface area contributed by atoms with Crippen LogP contribution in [0.1, 0.15) is 20.7 Å². The highest BCUT2D eigenvalue weighted by Gasteiger charge is 2.08. The van der Waals surface area contributed by atoms with Crippen LogP contribution >= 0.6 is 0 Å². The van der Waals surface area contributed by atoms with E-state index in [2.05, 4.69) is 15.6 Å². The summed E-state index contributed by atoms with van der Waals surface area (Å²) in [6.07, 6.45) is 3.09. The van der Waals surface area contributed by atoms with Crippen molar-refractivity contribution in [1.82, 2.24) is 4.98 Å². The van der Waals surface area contributed by atoms with E-state index in [9.17, 15) is 9.59 Å². The zero-order valence-electron chi connectivity index (χ0n) is 13.3. The first-order valence-electron chi connectivity index (χ1n) is 7.60. The van der Waals surface area contributed by atoms with Crippen LogP contribution in [0.2, 0.25) is 0 Å². The van der Waals surface area contributed by atoms with E-state index in [4.69, 9.17) is 5.73 Å². The van der Waals surface area contributed by atoms with E-state index >= 15 is 0 Å². The monoisotopic (exact) mass is 332 g/mol. The highest BCUT2D eigenvalue weighted by molar-refractivity contribution is 6.06. The predicted molar refractivity (Wildman–Crippen MR) is 97.4 cm³/mol. The van der Waals surface area contributed by atoms with Gasteiger partial charge in [-0.25, -0.2) is 0 Å². The van der Waals surface area contributed by atoms with Crippen molar-refractivity contribution in [2.75, 3.05) is 16.4 Å². The lowest BCUT2D eigenvalue weighted by Gasteiger charge is -2.09. The van der Waals surface area contributed by atoms with Crippen LogP contribution in [-0.4, -0.2) is 16.8 Å². The minimum absolute atomic E-state index is 0.254. The van der Waals surface area contributed by atoms with Crippen molar-refractivity contribution in [3.63, 3.8) is 0 Å². The second-order valence-electron chi connectivity index (χ2n) is 5.35. The first-order valence-corrected chi connectivity index (χ1v) is 7.60. The number of hydrogen-bond donors (Lipinski definition) is 3. The molecule has 0 aliphatic heterocycles. The van der Waals surface area contributed by atoms with Crippen LogP contribution in [0.5, 0.6) is 0 Å². The Morgan fingerprint density at radius 3 is 2.04 bits per heavy atom. The summed E-state index contributed by atoms with van der Waals surface area (Å²) in [5.41, 5.74) is 8.32. The zero-order valence-corrected chi connectivity index (χ0v) is 13.3. The summed E-state index contributed by atoms with van der Waals surface area (Å²) in [5, 5.41) is 5.56. The van der Waals surface area contributed by atoms with Gasteiger partial charge in [0.1, 0.15) is 0 Å². The molecule has 0 aliphatic rings. The molecule has 0 saturated carbocycles. The number of amides is 2. The number of nitrogens with two attached hydrogens (primary N) is 1. The molecule has 6 heteroatoms. The molecule has 0 bridgehead atoms. The number of nitrogens with zero attached hydrogens (tertiary/aromatic N) is 1. The summed E-state index contributed by atoms with van der Waals surface area (Å²) < 4.78 is 0. The highest BCUT2D eigenvalue weighted by Crippen LogP contribution is 2.17. The number of hydrogen-bond acceptors (Lipinski definition) is 4. The molecule has 1 aromatic heterocycles. The Bertz CT molecular complexity index is 893. The first kappa shape index (κ1) is 16.2. The van der Waals surface area contributed by atoms with Crippen molar-refractivity contribution in [2.24, 2.45) is 0 Å². The molecule has 0 atom stereocenters. The van der Waals surface area contributed by atoms with Crippen LogP contribution in [0.3, 0.4) is 0 Å². The molecular formula is C19H16N4O2. The maximum atomic E-state index is 12.2. The van der Waals surface area contributed by atoms with Gasteiger partial charge in [0.25, 0.3) is 11.8 Å². The van der Waals surface area contributed by atoms with Gasteiger partial charge in [-0.05, 0) is 54.6 Å². The van der Waals surface area contributed by atoms with Crippen molar-refractivity contribution in [2.45, 2.75) is 0 Å². The standard InChI is InChI=1S/C19H16N4O2/c20-15-8-6-13(7-9-15)18(24)22-16-4-1-5-17(11-16)23-19(25)14-3-2-10-21-12-14/h1-12H,20H2,(H,22,24)(H,23,25). The second-order valence-corrected chi connectivity index (χ2v) is 5.35. The molecule has 25 heavy (non-hydrogen) atoms. The molecule has 4 N–H and O–H groups in total. The summed E-state index contributed by atoms with van der Waals surface area (Å²) in [6, 6.07) is 16.9. The number of pyridine rings is 1. The normalized spacial score (nSPS) is 10.1. The maximum Gasteiger partial charge on any atom is 0.257 e. The molecule has 0 radical (unpaired) electrons. The molecule has 0 fully saturated rings. The summed E-state index contributed by atoms with van der Waals surface area (Å²) in [7, 11) is 0. The van der Waals surface area contributed by atoms with Gasteiger partial charge < -0.3 is 16.4 Å². The molecule has 6 nitrogen and oxygen atoms in total. The van der Waals surface area contributed by atoms with E-state index in [0.717, 1.165) is 0 Å². The Morgan fingerprint density at radius 1 is 0.800 bits per heavy atom. The lowest BCUT2D eigenvalue weighted by Crippen LogP contribution is -2.14. The van der Waals surface area contributed by atoms with E-state index in [1.165, 1.54) is 6.20 Å². The number of nitrogen functional groups attached to an aromatic ring is 1. The number of anilines is 3. The quantitative estimate of drug-likeness (QED) is 0.639. The number of carbonyl (C=O) groups excluding carboxylic acids is 2. The first-order chi connectivity index (χ1) is 12.1. The van der Waals surface area contributed by atoms with Crippen LogP contribution in [0.4, 0.5) is 17.1 Å². The maximum absolute atomic E-state index is 12.2. The van der Waals surface area contributed by atoms with Crippen molar-refractivity contribution in [1.29, 1.82) is 0 Å². The van der Waals surface area contributed by atoms with Crippen LogP contribution < -0.4 is 16.4 Å². The average molecular weight is 332 g/mol. The molecule has 3 aromatic rings. The third-order valence-corrected chi connectivity index (χ3v) is 3.47. The molecule has 0 unspecified atom stereocenters. The van der Waals surface area contributed by atoms with Gasteiger partial charge in [0, 0.05) is 35.0 Å². The molecule has 1 heterocycles. The van der Waals surface area contributed by atoms with Gasteiger partial charge in [-0.15, -0.1) is 0 Å². The molecule has 2 amide bonds. The number of aromatic nitrogens is 1. The Kier molecular flexibility index (Phi) is 4.71. The van der Waals surface area contributed by atoms with E-state index in [1.807, 2.05) is 0 Å². The average Bonchev–Trinajstić information content (AvgIpc) is 2.63. The predicted octanol–water partition coefficient (Wildman–Crippen LogP) is 3.17. The van der Waals surface area contributed by atoms with Crippen molar-refractivity contribution in [3.8, 4) is 0 Å². The second kappa shape index (κ2) is 7.27. The number of nitrogens with one attached hydrogen (secondary N) is 2. The molecule has 2 aromatic carbocycles. The fourth-order valence-electron chi connectivity index (χ4n) is 2.21. The topological polar surface area (TPSA) is 97.1 Å². The molecular weight excluding hydrogens is 316 g/mol. The molecule has 3 rings (SSSR count). The summed E-state index contributed by atoms with van der Waals surface area (Å²) in [4.78, 5) is 28.3. The summed E-state index contributed by atoms with van der Waals surface area (Å²) in [5.74, 6) is -0.522. The van der Waals surface area contributed by atoms with Crippen molar-refractivity contribution < 1.29 is 9.59 Å². The Morgan fingerprint density at radius 2 is 1.44 bits per heavy atom. The van der Waals surface area contributed by atoms with E-state index in [1.54, 1.807) is 66.9 Å². The number of rotatable bonds is 4. The minimum atomic E-state index is -0.268. The van der Waals surface area contributed by atoms with Gasteiger partial charge in [-0.2, -0.15) is 0 Å². The van der Waals surface area contributed by atoms with Crippen LogP contribution in [0.25, 0.3) is 0 Å². The Hall–Kier alpha value is -3.67. The van der Waals surface area contributed by atoms with Gasteiger partial charge in [-0.3, -0.25) is 14.6 Å². The van der Waals surface area contributed by atoms with Crippen LogP contribution in [0.15, 0.2) is 73.1 Å². The van der Waals surface area contributed by atoms with Crippen LogP contribution in [-0.2, 0) is 0 Å². The highest BCUT2D eigenvalue weighted by atomic mass is 16.2. The Labute approximate surface area is 144 Å². The van der Waals surface area contributed by atoms with Gasteiger partial charge in [0.15, 0.2) is 0 Å². The minimum Gasteiger partial charge on any atom is -0.399 e. The van der Waals surface area contributed by atoms with Gasteiger partial charge in [-0.1, -0.05) is 6.07 Å². The zero-order chi connectivity index (χ0) is 17.6. The van der Waals surface area contributed by atoms with E-state index in [0.29, 0.717) is 28.2 Å². The smallest absolute Gasteiger partial charge is 0.257 e. The van der Waals surface area contributed by atoms with Crippen LogP contribution in [0, 0.1) is 0 Å². The molecule has 0 saturated heterocycles. The number of carbonyl (C=O) groups is 2. The molecule has 0 spiro atoms. The Balaban J connectivity index is 1.70. The lowest BCUT2D eigenvalue weighted by atomic mass is 10.2. The van der Waals surface area contributed by atoms with E-state index in [-0.39, 0.29) is 11.8 Å². The van der Waals surface area contributed by atoms with Crippen molar-refractivity contribution >= 4 is 28.9 Å². The number of benzene rings is 2. The van der Waals surface area contributed by atoms with Gasteiger partial charge >= 0.3 is 0 Å². The van der Waals surface area contributed by atoms with Crippen molar-refractivity contribution in [3.05, 3.63) is 84.2 Å². The fraction of sp³-hybridized carbons (Fsp3) is 0. The summed E-state index contributed by atoms with van der Waals surface area (Å²) in [6.45, 7) is 0. The SMILES string of the molecule is Nc1ccc(C(=O)Nc2cccc(NC(=O)c3cccnc3)c2)cc1.